The predicted octanol–water partition coefficient (Wildman–Crippen LogP) is 5.29. The third-order valence-corrected chi connectivity index (χ3v) is 1.12. The van der Waals surface area contributed by atoms with Gasteiger partial charge < -0.3 is 4.74 Å². The number of allylic oxidation sites excluding steroid dienone is 3. The Hall–Kier alpha value is -0.690. The van der Waals surface area contributed by atoms with Crippen molar-refractivity contribution in [2.45, 2.75) is 41.5 Å². The van der Waals surface area contributed by atoms with Crippen LogP contribution in [0.4, 0.5) is 0 Å². The zero-order chi connectivity index (χ0) is 12.9. The largest absolute Gasteiger partial charge is 0.494 e. The Bertz CT molecular complexity index is 193. The third-order valence-electron chi connectivity index (χ3n) is 1.01. The lowest BCUT2D eigenvalue weighted by atomic mass is 10.2. The van der Waals surface area contributed by atoms with E-state index in [-0.39, 0.29) is 0 Å². The molecular formula is C13H25ClO. The molecule has 0 aromatic rings. The average molecular weight is 233 g/mol. The Balaban J connectivity index is -0.000000318. The quantitative estimate of drug-likeness (QED) is 0.473. The Morgan fingerprint density at radius 3 is 1.80 bits per heavy atom. The van der Waals surface area contributed by atoms with Gasteiger partial charge in [0.15, 0.2) is 0 Å². The van der Waals surface area contributed by atoms with Crippen LogP contribution in [0.25, 0.3) is 0 Å². The van der Waals surface area contributed by atoms with Crippen molar-refractivity contribution < 1.29 is 4.74 Å². The molecule has 0 aliphatic rings. The summed E-state index contributed by atoms with van der Waals surface area (Å²) in [6, 6.07) is 0. The molecule has 0 aromatic carbocycles. The second-order valence-electron chi connectivity index (χ2n) is 2.17. The summed E-state index contributed by atoms with van der Waals surface area (Å²) in [6.07, 6.45) is 1.66. The van der Waals surface area contributed by atoms with E-state index in [1.54, 1.807) is 6.08 Å². The molecule has 0 N–H and O–H groups in total. The highest BCUT2D eigenvalue weighted by Gasteiger charge is 1.97. The van der Waals surface area contributed by atoms with Crippen LogP contribution in [0.15, 0.2) is 35.6 Å². The fourth-order valence-corrected chi connectivity index (χ4v) is 0.685. The van der Waals surface area contributed by atoms with Gasteiger partial charge >= 0.3 is 0 Å². The second-order valence-corrected chi connectivity index (χ2v) is 2.65. The summed E-state index contributed by atoms with van der Waals surface area (Å²) in [7, 11) is 0. The van der Waals surface area contributed by atoms with E-state index in [9.17, 15) is 0 Å². The molecule has 0 spiro atoms. The van der Waals surface area contributed by atoms with Gasteiger partial charge in [0, 0.05) is 5.03 Å². The number of rotatable bonds is 4. The van der Waals surface area contributed by atoms with E-state index in [0.717, 1.165) is 5.57 Å². The first kappa shape index (κ1) is 19.8. The van der Waals surface area contributed by atoms with Gasteiger partial charge in [0.25, 0.3) is 0 Å². The third kappa shape index (κ3) is 16.0. The van der Waals surface area contributed by atoms with Crippen LogP contribution < -0.4 is 0 Å². The number of hydrogen-bond acceptors (Lipinski definition) is 1. The topological polar surface area (TPSA) is 9.23 Å². The SMILES string of the molecule is C=C(Cl)/C=C(/OCC)C(=C)C.CC.CC. The zero-order valence-electron chi connectivity index (χ0n) is 11.0. The first-order chi connectivity index (χ1) is 7.07. The predicted molar refractivity (Wildman–Crippen MR) is 72.2 cm³/mol. The number of hydrogen-bond donors (Lipinski definition) is 0. The molecule has 90 valence electrons. The highest BCUT2D eigenvalue weighted by molar-refractivity contribution is 6.30. The van der Waals surface area contributed by atoms with Crippen LogP contribution in [0.5, 0.6) is 0 Å². The summed E-state index contributed by atoms with van der Waals surface area (Å²) in [5.41, 5.74) is 0.855. The monoisotopic (exact) mass is 232 g/mol. The van der Waals surface area contributed by atoms with Gasteiger partial charge in [-0.1, -0.05) is 52.5 Å². The van der Waals surface area contributed by atoms with Crippen LogP contribution in [0.2, 0.25) is 0 Å². The molecule has 15 heavy (non-hydrogen) atoms. The van der Waals surface area contributed by atoms with Gasteiger partial charge in [-0.15, -0.1) is 0 Å². The highest BCUT2D eigenvalue weighted by Crippen LogP contribution is 2.12. The molecule has 2 heteroatoms. The fourth-order valence-electron chi connectivity index (χ4n) is 0.586. The van der Waals surface area contributed by atoms with Crippen LogP contribution in [0, 0.1) is 0 Å². The maximum absolute atomic E-state index is 5.56. The van der Waals surface area contributed by atoms with Crippen molar-refractivity contribution in [1.82, 2.24) is 0 Å². The maximum Gasteiger partial charge on any atom is 0.123 e. The molecule has 0 aromatic heterocycles. The van der Waals surface area contributed by atoms with Crippen molar-refractivity contribution >= 4 is 11.6 Å². The minimum atomic E-state index is 0.455. The Kier molecular flexibility index (Phi) is 20.8. The lowest BCUT2D eigenvalue weighted by Gasteiger charge is -2.06. The molecule has 0 saturated heterocycles. The summed E-state index contributed by atoms with van der Waals surface area (Å²) in [4.78, 5) is 0. The molecule has 0 atom stereocenters. The lowest BCUT2D eigenvalue weighted by Crippen LogP contribution is -1.92. The molecule has 0 rings (SSSR count). The van der Waals surface area contributed by atoms with Crippen molar-refractivity contribution in [3.8, 4) is 0 Å². The first-order valence-corrected chi connectivity index (χ1v) is 5.80. The minimum absolute atomic E-state index is 0.455. The number of halogens is 1. The van der Waals surface area contributed by atoms with E-state index < -0.39 is 0 Å². The summed E-state index contributed by atoms with van der Waals surface area (Å²) < 4.78 is 5.23. The van der Waals surface area contributed by atoms with E-state index in [2.05, 4.69) is 13.2 Å². The molecule has 0 heterocycles. The van der Waals surface area contributed by atoms with Crippen LogP contribution in [0.1, 0.15) is 41.5 Å². The van der Waals surface area contributed by atoms with Crippen LogP contribution in [0.3, 0.4) is 0 Å². The molecule has 0 unspecified atom stereocenters. The van der Waals surface area contributed by atoms with Gasteiger partial charge in [0.2, 0.25) is 0 Å². The van der Waals surface area contributed by atoms with Crippen LogP contribution >= 0.6 is 11.6 Å². The Morgan fingerprint density at radius 2 is 1.60 bits per heavy atom. The van der Waals surface area contributed by atoms with E-state index in [1.807, 2.05) is 41.5 Å². The van der Waals surface area contributed by atoms with Crippen molar-refractivity contribution in [2.24, 2.45) is 0 Å². The molecule has 1 nitrogen and oxygen atoms in total. The average Bonchev–Trinajstić information content (AvgIpc) is 2.22. The minimum Gasteiger partial charge on any atom is -0.494 e. The maximum atomic E-state index is 5.56. The van der Waals surface area contributed by atoms with Gasteiger partial charge in [0.05, 0.1) is 6.61 Å². The summed E-state index contributed by atoms with van der Waals surface area (Å²) >= 11 is 5.56. The van der Waals surface area contributed by atoms with Gasteiger partial charge in [-0.2, -0.15) is 0 Å². The van der Waals surface area contributed by atoms with Crippen molar-refractivity contribution in [2.75, 3.05) is 6.61 Å². The van der Waals surface area contributed by atoms with Crippen LogP contribution in [-0.2, 0) is 4.74 Å². The fraction of sp³-hybridized carbons (Fsp3) is 0.538. The molecule has 0 bridgehead atoms. The van der Waals surface area contributed by atoms with Crippen molar-refractivity contribution in [3.05, 3.63) is 35.6 Å². The van der Waals surface area contributed by atoms with E-state index in [0.29, 0.717) is 17.4 Å². The summed E-state index contributed by atoms with van der Waals surface area (Å²) in [5.74, 6) is 0.701. The molecule has 0 aliphatic heterocycles. The zero-order valence-corrected chi connectivity index (χ0v) is 11.7. The lowest BCUT2D eigenvalue weighted by molar-refractivity contribution is 0.238. The first-order valence-electron chi connectivity index (χ1n) is 5.42. The van der Waals surface area contributed by atoms with Gasteiger partial charge in [0.1, 0.15) is 5.76 Å². The Labute approximate surface area is 100 Å². The molecule has 0 fully saturated rings. The highest BCUT2D eigenvalue weighted by atomic mass is 35.5. The van der Waals surface area contributed by atoms with Gasteiger partial charge in [-0.05, 0) is 25.5 Å². The molecule has 0 saturated carbocycles. The molecule has 0 amide bonds. The van der Waals surface area contributed by atoms with E-state index >= 15 is 0 Å². The summed E-state index contributed by atoms with van der Waals surface area (Å²) in [6.45, 7) is 19.6. The van der Waals surface area contributed by atoms with Gasteiger partial charge in [-0.25, -0.2) is 0 Å². The van der Waals surface area contributed by atoms with E-state index in [1.165, 1.54) is 0 Å². The van der Waals surface area contributed by atoms with Crippen LogP contribution in [-0.4, -0.2) is 6.61 Å². The Morgan fingerprint density at radius 1 is 1.20 bits per heavy atom. The van der Waals surface area contributed by atoms with Gasteiger partial charge in [-0.3, -0.25) is 0 Å². The van der Waals surface area contributed by atoms with Crippen molar-refractivity contribution in [3.63, 3.8) is 0 Å². The smallest absolute Gasteiger partial charge is 0.123 e. The van der Waals surface area contributed by atoms with Crippen molar-refractivity contribution in [1.29, 1.82) is 0 Å². The second kappa shape index (κ2) is 15.8. The normalized spacial score (nSPS) is 8.87. The van der Waals surface area contributed by atoms with E-state index in [4.69, 9.17) is 16.3 Å². The molecule has 0 aliphatic carbocycles. The summed E-state index contributed by atoms with van der Waals surface area (Å²) in [5, 5.41) is 0.455. The standard InChI is InChI=1S/C9H13ClO.2C2H6/c1-5-11-9(7(2)3)6-8(4)10;2*1-2/h6H,2,4-5H2,1,3H3;2*1-2H3/b9-6+;;. The number of ether oxygens (including phenoxy) is 1. The molecular weight excluding hydrogens is 208 g/mol. The molecule has 0 radical (unpaired) electrons.